The van der Waals surface area contributed by atoms with Crippen molar-refractivity contribution in [2.75, 3.05) is 23.7 Å². The van der Waals surface area contributed by atoms with Crippen molar-refractivity contribution >= 4 is 23.3 Å². The van der Waals surface area contributed by atoms with Crippen LogP contribution in [-0.4, -0.2) is 38.8 Å². The van der Waals surface area contributed by atoms with Gasteiger partial charge in [-0.05, 0) is 18.9 Å². The predicted octanol–water partition coefficient (Wildman–Crippen LogP) is 0.612. The molecule has 1 saturated heterocycles. The van der Waals surface area contributed by atoms with Crippen LogP contribution < -0.4 is 10.6 Å². The molecule has 19 heavy (non-hydrogen) atoms. The second-order valence-corrected chi connectivity index (χ2v) is 4.78. The van der Waals surface area contributed by atoms with E-state index in [2.05, 4.69) is 15.0 Å². The van der Waals surface area contributed by atoms with Gasteiger partial charge in [0.1, 0.15) is 0 Å². The van der Waals surface area contributed by atoms with Crippen LogP contribution in [0.4, 0.5) is 11.6 Å². The highest BCUT2D eigenvalue weighted by molar-refractivity contribution is 5.71. The van der Waals surface area contributed by atoms with Gasteiger partial charge in [-0.2, -0.15) is 4.98 Å². The summed E-state index contributed by atoms with van der Waals surface area (Å²) < 4.78 is 1.61. The van der Waals surface area contributed by atoms with E-state index in [0.29, 0.717) is 12.2 Å². The summed E-state index contributed by atoms with van der Waals surface area (Å²) in [7, 11) is 0. The van der Waals surface area contributed by atoms with Crippen LogP contribution in [0.2, 0.25) is 0 Å². The van der Waals surface area contributed by atoms with Gasteiger partial charge in [-0.1, -0.05) is 0 Å². The Balaban J connectivity index is 1.88. The summed E-state index contributed by atoms with van der Waals surface area (Å²) in [6.07, 6.45) is 3.42. The van der Waals surface area contributed by atoms with E-state index in [-0.39, 0.29) is 11.9 Å². The average Bonchev–Trinajstić information content (AvgIpc) is 2.77. The lowest BCUT2D eigenvalue weighted by Gasteiger charge is -2.32. The normalized spacial score (nSPS) is 19.8. The number of fused-ring (bicyclic) bond motifs is 1. The number of nitrogen functional groups attached to an aromatic ring is 1. The lowest BCUT2D eigenvalue weighted by molar-refractivity contribution is -0.141. The Bertz CT molecular complexity index is 624. The Morgan fingerprint density at radius 1 is 1.53 bits per heavy atom. The first kappa shape index (κ1) is 11.8. The second kappa shape index (κ2) is 4.42. The molecule has 3 rings (SSSR count). The van der Waals surface area contributed by atoms with Gasteiger partial charge in [-0.3, -0.25) is 4.79 Å². The molecule has 1 atom stereocenters. The summed E-state index contributed by atoms with van der Waals surface area (Å²) in [6, 6.07) is 3.79. The Hall–Kier alpha value is -2.31. The molecule has 3 N–H and O–H groups in total. The summed E-state index contributed by atoms with van der Waals surface area (Å²) in [5.41, 5.74) is 7.18. The maximum atomic E-state index is 11.1. The van der Waals surface area contributed by atoms with Crippen LogP contribution in [0, 0.1) is 5.92 Å². The third-order valence-corrected chi connectivity index (χ3v) is 3.47. The fraction of sp³-hybridized carbons (Fsp3) is 0.417. The number of rotatable bonds is 2. The van der Waals surface area contributed by atoms with E-state index in [1.54, 1.807) is 10.7 Å². The minimum atomic E-state index is -0.725. The fourth-order valence-electron chi connectivity index (χ4n) is 2.50. The molecule has 1 unspecified atom stereocenters. The molecule has 0 aliphatic carbocycles. The number of hydrogen-bond donors (Lipinski definition) is 2. The molecule has 3 heterocycles. The van der Waals surface area contributed by atoms with Crippen molar-refractivity contribution in [2.24, 2.45) is 5.92 Å². The zero-order valence-corrected chi connectivity index (χ0v) is 10.4. The van der Waals surface area contributed by atoms with Crippen molar-refractivity contribution in [1.82, 2.24) is 14.6 Å². The van der Waals surface area contributed by atoms with Gasteiger partial charge in [0.05, 0.1) is 5.92 Å². The van der Waals surface area contributed by atoms with Crippen LogP contribution in [0.5, 0.6) is 0 Å². The lowest BCUT2D eigenvalue weighted by Crippen LogP contribution is -2.38. The molecular formula is C12H15N5O2. The first-order valence-electron chi connectivity index (χ1n) is 6.23. The molecule has 100 valence electrons. The number of nitrogens with zero attached hydrogens (tertiary/aromatic N) is 4. The zero-order chi connectivity index (χ0) is 13.4. The highest BCUT2D eigenvalue weighted by Crippen LogP contribution is 2.24. The molecule has 0 saturated carbocycles. The minimum absolute atomic E-state index is 0.235. The number of piperidine rings is 1. The van der Waals surface area contributed by atoms with E-state index in [9.17, 15) is 4.79 Å². The fourth-order valence-corrected chi connectivity index (χ4v) is 2.50. The van der Waals surface area contributed by atoms with Crippen LogP contribution in [0.25, 0.3) is 5.65 Å². The standard InChI is InChI=1S/C12H15N5O2/c13-12-14-10-6-9(3-5-17(10)15-12)16-4-1-2-8(7-16)11(18)19/h3,5-6,8H,1-2,4,7H2,(H2,13,15)(H,18,19). The molecule has 7 nitrogen and oxygen atoms in total. The number of carboxylic acid groups (broad SMARTS) is 1. The van der Waals surface area contributed by atoms with Gasteiger partial charge in [0.2, 0.25) is 5.95 Å². The largest absolute Gasteiger partial charge is 0.481 e. The maximum absolute atomic E-state index is 11.1. The SMILES string of the molecule is Nc1nc2cc(N3CCCC(C(=O)O)C3)ccn2n1. The molecule has 1 aliphatic heterocycles. The van der Waals surface area contributed by atoms with E-state index in [1.807, 2.05) is 12.1 Å². The maximum Gasteiger partial charge on any atom is 0.308 e. The molecule has 0 aromatic carbocycles. The van der Waals surface area contributed by atoms with Gasteiger partial charge < -0.3 is 15.7 Å². The van der Waals surface area contributed by atoms with Crippen LogP contribution >= 0.6 is 0 Å². The molecule has 0 amide bonds. The average molecular weight is 261 g/mol. The van der Waals surface area contributed by atoms with Crippen molar-refractivity contribution in [3.8, 4) is 0 Å². The number of hydrogen-bond acceptors (Lipinski definition) is 5. The van der Waals surface area contributed by atoms with E-state index in [1.165, 1.54) is 0 Å². The van der Waals surface area contributed by atoms with Crippen LogP contribution in [-0.2, 0) is 4.79 Å². The number of aliphatic carboxylic acids is 1. The van der Waals surface area contributed by atoms with Gasteiger partial charge >= 0.3 is 5.97 Å². The van der Waals surface area contributed by atoms with E-state index in [4.69, 9.17) is 10.8 Å². The summed E-state index contributed by atoms with van der Waals surface area (Å²) in [5, 5.41) is 13.1. The van der Waals surface area contributed by atoms with Crippen molar-refractivity contribution in [3.63, 3.8) is 0 Å². The minimum Gasteiger partial charge on any atom is -0.481 e. The van der Waals surface area contributed by atoms with Crippen LogP contribution in [0.15, 0.2) is 18.3 Å². The molecule has 0 bridgehead atoms. The number of aromatic nitrogens is 3. The molecular weight excluding hydrogens is 246 g/mol. The summed E-state index contributed by atoms with van der Waals surface area (Å²) in [6.45, 7) is 1.40. The first-order chi connectivity index (χ1) is 9.13. The highest BCUT2D eigenvalue weighted by atomic mass is 16.4. The third-order valence-electron chi connectivity index (χ3n) is 3.47. The van der Waals surface area contributed by atoms with Crippen molar-refractivity contribution in [1.29, 1.82) is 0 Å². The lowest BCUT2D eigenvalue weighted by atomic mass is 9.98. The Morgan fingerprint density at radius 3 is 3.16 bits per heavy atom. The number of carboxylic acids is 1. The van der Waals surface area contributed by atoms with Gasteiger partial charge in [-0.15, -0.1) is 5.10 Å². The molecule has 0 radical (unpaired) electrons. The van der Waals surface area contributed by atoms with Gasteiger partial charge in [-0.25, -0.2) is 4.52 Å². The smallest absolute Gasteiger partial charge is 0.308 e. The van der Waals surface area contributed by atoms with E-state index < -0.39 is 5.97 Å². The van der Waals surface area contributed by atoms with Crippen molar-refractivity contribution in [2.45, 2.75) is 12.8 Å². The molecule has 0 spiro atoms. The number of carbonyl (C=O) groups is 1. The molecule has 7 heteroatoms. The van der Waals surface area contributed by atoms with Crippen molar-refractivity contribution < 1.29 is 9.90 Å². The topological polar surface area (TPSA) is 96.8 Å². The van der Waals surface area contributed by atoms with E-state index in [0.717, 1.165) is 25.1 Å². The van der Waals surface area contributed by atoms with Gasteiger partial charge in [0.15, 0.2) is 5.65 Å². The molecule has 1 aliphatic rings. The summed E-state index contributed by atoms with van der Waals surface area (Å²) >= 11 is 0. The van der Waals surface area contributed by atoms with Gasteiger partial charge in [0.25, 0.3) is 0 Å². The molecule has 2 aromatic heterocycles. The molecule has 2 aromatic rings. The molecule has 1 fully saturated rings. The van der Waals surface area contributed by atoms with Crippen LogP contribution in [0.3, 0.4) is 0 Å². The number of nitrogens with two attached hydrogens (primary N) is 1. The highest BCUT2D eigenvalue weighted by Gasteiger charge is 2.25. The Kier molecular flexibility index (Phi) is 2.73. The summed E-state index contributed by atoms with van der Waals surface area (Å²) in [5.74, 6) is -0.787. The number of pyridine rings is 1. The quantitative estimate of drug-likeness (QED) is 0.822. The summed E-state index contributed by atoms with van der Waals surface area (Å²) in [4.78, 5) is 17.3. The monoisotopic (exact) mass is 261 g/mol. The zero-order valence-electron chi connectivity index (χ0n) is 10.4. The number of anilines is 2. The Morgan fingerprint density at radius 2 is 2.37 bits per heavy atom. The Labute approximate surface area is 109 Å². The van der Waals surface area contributed by atoms with Crippen LogP contribution in [0.1, 0.15) is 12.8 Å². The first-order valence-corrected chi connectivity index (χ1v) is 6.23. The third kappa shape index (κ3) is 2.18. The second-order valence-electron chi connectivity index (χ2n) is 4.78. The predicted molar refractivity (Wildman–Crippen MR) is 70.0 cm³/mol. The van der Waals surface area contributed by atoms with Gasteiger partial charge in [0, 0.05) is 31.0 Å². The van der Waals surface area contributed by atoms with E-state index >= 15 is 0 Å². The van der Waals surface area contributed by atoms with Crippen molar-refractivity contribution in [3.05, 3.63) is 18.3 Å².